The maximum Gasteiger partial charge on any atom is 0.142 e. The highest BCUT2D eigenvalue weighted by Crippen LogP contribution is 2.38. The third kappa shape index (κ3) is 3.02. The van der Waals surface area contributed by atoms with Crippen molar-refractivity contribution in [1.29, 1.82) is 0 Å². The van der Waals surface area contributed by atoms with Crippen molar-refractivity contribution in [3.8, 4) is 0 Å². The zero-order valence-electron chi connectivity index (χ0n) is 14.6. The number of nitrogens with zero attached hydrogens (tertiary/aromatic N) is 3. The third-order valence-corrected chi connectivity index (χ3v) is 5.98. The molecule has 0 radical (unpaired) electrons. The number of ketones is 1. The number of Topliss-reactive ketones (excluding diaryl/α,β-unsaturated/α-hetero) is 1. The molecule has 4 saturated heterocycles. The minimum atomic E-state index is -0.344. The van der Waals surface area contributed by atoms with E-state index >= 15 is 0 Å². The van der Waals surface area contributed by atoms with Gasteiger partial charge in [-0.3, -0.25) is 15.0 Å². The monoisotopic (exact) mass is 337 g/mol. The van der Waals surface area contributed by atoms with Gasteiger partial charge in [0.2, 0.25) is 0 Å². The number of hydrazine groups is 1. The highest BCUT2D eigenvalue weighted by molar-refractivity contribution is 5.80. The highest BCUT2D eigenvalue weighted by atomic mass is 16.5. The van der Waals surface area contributed by atoms with Crippen LogP contribution in [0.25, 0.3) is 0 Å². The lowest BCUT2D eigenvalue weighted by Crippen LogP contribution is -2.76. The Kier molecular flexibility index (Phi) is 5.17. The van der Waals surface area contributed by atoms with Crippen molar-refractivity contribution in [2.45, 2.75) is 44.0 Å². The smallest absolute Gasteiger partial charge is 0.142 e. The van der Waals surface area contributed by atoms with Gasteiger partial charge in [-0.25, -0.2) is 10.0 Å². The van der Waals surface area contributed by atoms with Gasteiger partial charge in [0.25, 0.3) is 0 Å². The Morgan fingerprint density at radius 3 is 2.50 bits per heavy atom. The number of hydrogen-bond acceptors (Lipinski definition) is 7. The second-order valence-electron chi connectivity index (χ2n) is 7.42. The van der Waals surface area contributed by atoms with E-state index in [1.54, 1.807) is 0 Å². The van der Waals surface area contributed by atoms with Gasteiger partial charge in [0.1, 0.15) is 17.7 Å². The molecule has 0 aromatic carbocycles. The summed E-state index contributed by atoms with van der Waals surface area (Å²) in [4.78, 5) is 15.1. The average molecular weight is 337 g/mol. The normalized spacial score (nSPS) is 37.8. The van der Waals surface area contributed by atoms with Gasteiger partial charge in [-0.15, -0.1) is 0 Å². The fraction of sp³-hybridized carbons (Fsp3) is 0.941. The van der Waals surface area contributed by atoms with Crippen LogP contribution in [0.2, 0.25) is 0 Å². The Labute approximate surface area is 144 Å². The van der Waals surface area contributed by atoms with Crippen LogP contribution in [0.4, 0.5) is 0 Å². The van der Waals surface area contributed by atoms with E-state index in [9.17, 15) is 4.79 Å². The van der Waals surface area contributed by atoms with Crippen molar-refractivity contribution in [3.05, 3.63) is 0 Å². The van der Waals surface area contributed by atoms with Gasteiger partial charge >= 0.3 is 0 Å². The maximum atomic E-state index is 12.5. The molecule has 4 heterocycles. The number of carbonyl (C=O) groups is 1. The van der Waals surface area contributed by atoms with E-state index in [1.807, 2.05) is 0 Å². The zero-order valence-corrected chi connectivity index (χ0v) is 14.6. The molecule has 2 atom stereocenters. The average Bonchev–Trinajstić information content (AvgIpc) is 3.18. The SMILES string of the molecule is O=C1CCN(N2CCNCC2)C(C2NCCO2)(N2CCCCC2)C1. The summed E-state index contributed by atoms with van der Waals surface area (Å²) in [5.74, 6) is 0.379. The summed E-state index contributed by atoms with van der Waals surface area (Å²) >= 11 is 0. The summed E-state index contributed by atoms with van der Waals surface area (Å²) in [6, 6.07) is 0. The molecule has 0 aliphatic carbocycles. The van der Waals surface area contributed by atoms with Crippen molar-refractivity contribution < 1.29 is 9.53 Å². The maximum absolute atomic E-state index is 12.5. The van der Waals surface area contributed by atoms with Crippen LogP contribution in [0.3, 0.4) is 0 Å². The third-order valence-electron chi connectivity index (χ3n) is 5.98. The molecule has 0 aromatic heterocycles. The Hall–Kier alpha value is -0.570. The fourth-order valence-electron chi connectivity index (χ4n) is 4.85. The number of hydrogen-bond donors (Lipinski definition) is 2. The Morgan fingerprint density at radius 2 is 1.79 bits per heavy atom. The predicted molar refractivity (Wildman–Crippen MR) is 91.3 cm³/mol. The van der Waals surface area contributed by atoms with Crippen molar-refractivity contribution in [3.63, 3.8) is 0 Å². The number of rotatable bonds is 3. The standard InChI is InChI=1S/C17H31N5O2/c23-15-4-10-22(21-11-5-18-6-12-21)17(14-15,16-19-7-13-24-16)20-8-2-1-3-9-20/h16,18-19H,1-14H2. The molecule has 4 rings (SSSR count). The molecule has 24 heavy (non-hydrogen) atoms. The van der Waals surface area contributed by atoms with Crippen LogP contribution in [0.5, 0.6) is 0 Å². The summed E-state index contributed by atoms with van der Waals surface area (Å²) in [5, 5.41) is 12.0. The molecular weight excluding hydrogens is 306 g/mol. The largest absolute Gasteiger partial charge is 0.359 e. The van der Waals surface area contributed by atoms with Gasteiger partial charge in [-0.05, 0) is 12.8 Å². The summed E-state index contributed by atoms with van der Waals surface area (Å²) in [6.45, 7) is 8.62. The van der Waals surface area contributed by atoms with E-state index < -0.39 is 0 Å². The molecule has 4 fully saturated rings. The van der Waals surface area contributed by atoms with Gasteiger partial charge in [-0.1, -0.05) is 6.42 Å². The molecule has 0 saturated carbocycles. The second-order valence-corrected chi connectivity index (χ2v) is 7.42. The Balaban J connectivity index is 1.68. The molecule has 7 heteroatoms. The number of piperazine rings is 1. The number of ether oxygens (including phenoxy) is 1. The van der Waals surface area contributed by atoms with Crippen LogP contribution >= 0.6 is 0 Å². The van der Waals surface area contributed by atoms with Crippen LogP contribution in [-0.4, -0.2) is 91.6 Å². The molecule has 0 spiro atoms. The van der Waals surface area contributed by atoms with Gasteiger partial charge in [-0.2, -0.15) is 0 Å². The van der Waals surface area contributed by atoms with Crippen LogP contribution in [0.15, 0.2) is 0 Å². The lowest BCUT2D eigenvalue weighted by atomic mass is 9.89. The van der Waals surface area contributed by atoms with Crippen LogP contribution in [0, 0.1) is 0 Å². The van der Waals surface area contributed by atoms with Gasteiger partial charge in [0.15, 0.2) is 0 Å². The molecule has 0 bridgehead atoms. The summed E-state index contributed by atoms with van der Waals surface area (Å²) < 4.78 is 6.13. The Bertz CT molecular complexity index is 444. The van der Waals surface area contributed by atoms with Crippen molar-refractivity contribution in [2.24, 2.45) is 0 Å². The first kappa shape index (κ1) is 16.9. The molecule has 0 amide bonds. The number of nitrogens with one attached hydrogen (secondary N) is 2. The van der Waals surface area contributed by atoms with Crippen molar-refractivity contribution in [1.82, 2.24) is 25.6 Å². The Morgan fingerprint density at radius 1 is 1.00 bits per heavy atom. The second kappa shape index (κ2) is 7.35. The number of piperidine rings is 2. The van der Waals surface area contributed by atoms with Gasteiger partial charge in [0, 0.05) is 65.2 Å². The lowest BCUT2D eigenvalue weighted by Gasteiger charge is -2.59. The summed E-state index contributed by atoms with van der Waals surface area (Å²) in [7, 11) is 0. The quantitative estimate of drug-likeness (QED) is 0.727. The van der Waals surface area contributed by atoms with Crippen LogP contribution < -0.4 is 10.6 Å². The molecule has 7 nitrogen and oxygen atoms in total. The van der Waals surface area contributed by atoms with E-state index in [0.717, 1.165) is 59.0 Å². The molecule has 4 aliphatic heterocycles. The number of likely N-dealkylation sites (tertiary alicyclic amines) is 1. The molecule has 2 unspecified atom stereocenters. The van der Waals surface area contributed by atoms with E-state index in [-0.39, 0.29) is 11.9 Å². The first-order chi connectivity index (χ1) is 11.8. The van der Waals surface area contributed by atoms with Crippen molar-refractivity contribution >= 4 is 5.78 Å². The van der Waals surface area contributed by atoms with Crippen LogP contribution in [-0.2, 0) is 9.53 Å². The summed E-state index contributed by atoms with van der Waals surface area (Å²) in [5.41, 5.74) is -0.344. The highest BCUT2D eigenvalue weighted by Gasteiger charge is 2.55. The molecular formula is C17H31N5O2. The van der Waals surface area contributed by atoms with Gasteiger partial charge in [0.05, 0.1) is 6.61 Å². The summed E-state index contributed by atoms with van der Waals surface area (Å²) in [6.07, 6.45) is 4.90. The van der Waals surface area contributed by atoms with E-state index in [2.05, 4.69) is 25.6 Å². The fourth-order valence-corrected chi connectivity index (χ4v) is 4.85. The molecule has 136 valence electrons. The predicted octanol–water partition coefficient (Wildman–Crippen LogP) is -0.400. The minimum absolute atomic E-state index is 0.0743. The molecule has 2 N–H and O–H groups in total. The lowest BCUT2D eigenvalue weighted by molar-refractivity contribution is -0.242. The van der Waals surface area contributed by atoms with E-state index in [1.165, 1.54) is 19.3 Å². The van der Waals surface area contributed by atoms with Crippen LogP contribution in [0.1, 0.15) is 32.1 Å². The molecule has 0 aromatic rings. The van der Waals surface area contributed by atoms with E-state index in [4.69, 9.17) is 4.74 Å². The first-order valence-electron chi connectivity index (χ1n) is 9.66. The molecule has 4 aliphatic rings. The van der Waals surface area contributed by atoms with Gasteiger partial charge < -0.3 is 10.1 Å². The number of carbonyl (C=O) groups excluding carboxylic acids is 1. The zero-order chi connectivity index (χ0) is 16.4. The minimum Gasteiger partial charge on any atom is -0.359 e. The first-order valence-corrected chi connectivity index (χ1v) is 9.66. The van der Waals surface area contributed by atoms with Crippen molar-refractivity contribution in [2.75, 3.05) is 59.0 Å². The topological polar surface area (TPSA) is 60.1 Å². The van der Waals surface area contributed by atoms with E-state index in [0.29, 0.717) is 18.6 Å².